The van der Waals surface area contributed by atoms with E-state index in [9.17, 15) is 9.46 Å². The van der Waals surface area contributed by atoms with Crippen LogP contribution in [0.1, 0.15) is 20.8 Å². The molecule has 0 saturated heterocycles. The highest BCUT2D eigenvalue weighted by Crippen LogP contribution is 2.44. The first-order chi connectivity index (χ1) is 7.29. The van der Waals surface area contributed by atoms with Crippen molar-refractivity contribution in [3.63, 3.8) is 0 Å². The molecule has 0 aromatic heterocycles. The minimum atomic E-state index is -4.01. The number of para-hydroxylation sites is 1. The van der Waals surface area contributed by atoms with Gasteiger partial charge in [-0.25, -0.2) is 4.57 Å². The van der Waals surface area contributed by atoms with Crippen LogP contribution in [0.25, 0.3) is 0 Å². The molecule has 4 nitrogen and oxygen atoms in total. The van der Waals surface area contributed by atoms with Crippen LogP contribution < -0.4 is 4.52 Å². The van der Waals surface area contributed by atoms with E-state index in [2.05, 4.69) is 0 Å². The summed E-state index contributed by atoms with van der Waals surface area (Å²) >= 11 is 0. The number of benzene rings is 1. The third kappa shape index (κ3) is 5.31. The zero-order valence-electron chi connectivity index (χ0n) is 9.71. The molecule has 0 bridgehead atoms. The van der Waals surface area contributed by atoms with Crippen LogP contribution in [-0.2, 0) is 9.09 Å². The first kappa shape index (κ1) is 13.2. The molecule has 16 heavy (non-hydrogen) atoms. The fraction of sp³-hybridized carbons (Fsp3) is 0.455. The Morgan fingerprint density at radius 1 is 1.25 bits per heavy atom. The third-order valence-corrected chi connectivity index (χ3v) is 2.52. The van der Waals surface area contributed by atoms with Gasteiger partial charge in [-0.2, -0.15) is 0 Å². The maximum Gasteiger partial charge on any atom is 0.527 e. The SMILES string of the molecule is CC(C)(C)COP(=O)(O)Oc1ccccc1. The first-order valence-electron chi connectivity index (χ1n) is 5.00. The lowest BCUT2D eigenvalue weighted by Gasteiger charge is -2.20. The molecule has 0 amide bonds. The summed E-state index contributed by atoms with van der Waals surface area (Å²) in [5.41, 5.74) is -0.182. The second-order valence-electron chi connectivity index (χ2n) is 4.71. The number of hydrogen-bond acceptors (Lipinski definition) is 3. The lowest BCUT2D eigenvalue weighted by Crippen LogP contribution is -2.14. The summed E-state index contributed by atoms with van der Waals surface area (Å²) in [6.45, 7) is 5.90. The zero-order valence-corrected chi connectivity index (χ0v) is 10.6. The Labute approximate surface area is 95.8 Å². The van der Waals surface area contributed by atoms with Crippen molar-refractivity contribution in [2.24, 2.45) is 5.41 Å². The Kier molecular flexibility index (Phi) is 4.14. The predicted octanol–water partition coefficient (Wildman–Crippen LogP) is 3.23. The van der Waals surface area contributed by atoms with Crippen LogP contribution in [0.4, 0.5) is 0 Å². The predicted molar refractivity (Wildman–Crippen MR) is 62.3 cm³/mol. The molecule has 0 radical (unpaired) electrons. The van der Waals surface area contributed by atoms with Gasteiger partial charge in [-0.05, 0) is 17.5 Å². The molecule has 0 aliphatic heterocycles. The van der Waals surface area contributed by atoms with Gasteiger partial charge in [0.25, 0.3) is 0 Å². The van der Waals surface area contributed by atoms with Gasteiger partial charge in [-0.1, -0.05) is 39.0 Å². The normalized spacial score (nSPS) is 15.5. The Hall–Kier alpha value is -0.830. The minimum Gasteiger partial charge on any atom is -0.404 e. The molecular weight excluding hydrogens is 227 g/mol. The van der Waals surface area contributed by atoms with E-state index >= 15 is 0 Å². The quantitative estimate of drug-likeness (QED) is 0.826. The average Bonchev–Trinajstić information content (AvgIpc) is 2.15. The van der Waals surface area contributed by atoms with Gasteiger partial charge >= 0.3 is 7.82 Å². The van der Waals surface area contributed by atoms with E-state index in [4.69, 9.17) is 9.05 Å². The number of hydrogen-bond donors (Lipinski definition) is 1. The monoisotopic (exact) mass is 244 g/mol. The summed E-state index contributed by atoms with van der Waals surface area (Å²) in [6, 6.07) is 8.44. The highest BCUT2D eigenvalue weighted by atomic mass is 31.2. The molecule has 5 heteroatoms. The fourth-order valence-electron chi connectivity index (χ4n) is 0.916. The van der Waals surface area contributed by atoms with Crippen molar-refractivity contribution in [2.45, 2.75) is 20.8 Å². The van der Waals surface area contributed by atoms with Crippen molar-refractivity contribution >= 4 is 7.82 Å². The van der Waals surface area contributed by atoms with Gasteiger partial charge in [0, 0.05) is 0 Å². The Morgan fingerprint density at radius 3 is 2.31 bits per heavy atom. The molecule has 1 atom stereocenters. The van der Waals surface area contributed by atoms with Crippen LogP contribution in [0.5, 0.6) is 5.75 Å². The molecule has 90 valence electrons. The Bertz CT molecular complexity index is 369. The molecule has 0 aliphatic carbocycles. The Balaban J connectivity index is 2.56. The summed E-state index contributed by atoms with van der Waals surface area (Å²) in [7, 11) is -4.01. The van der Waals surface area contributed by atoms with E-state index in [1.165, 1.54) is 0 Å². The minimum absolute atomic E-state index is 0.160. The molecule has 1 N–H and O–H groups in total. The van der Waals surface area contributed by atoms with Crippen molar-refractivity contribution < 1.29 is 18.5 Å². The Morgan fingerprint density at radius 2 is 1.81 bits per heavy atom. The van der Waals surface area contributed by atoms with E-state index in [1.807, 2.05) is 20.8 Å². The van der Waals surface area contributed by atoms with Gasteiger partial charge in [-0.3, -0.25) is 9.42 Å². The van der Waals surface area contributed by atoms with Crippen molar-refractivity contribution in [1.82, 2.24) is 0 Å². The van der Waals surface area contributed by atoms with Gasteiger partial charge in [0.05, 0.1) is 6.61 Å². The standard InChI is InChI=1S/C11H17O4P/c1-11(2,3)9-14-16(12,13)15-10-7-5-4-6-8-10/h4-8H,9H2,1-3H3,(H,12,13). The molecule has 1 aromatic carbocycles. The summed E-state index contributed by atoms with van der Waals surface area (Å²) in [5, 5.41) is 0. The molecule has 1 aromatic rings. The van der Waals surface area contributed by atoms with E-state index in [1.54, 1.807) is 30.3 Å². The molecule has 0 spiro atoms. The van der Waals surface area contributed by atoms with Crippen molar-refractivity contribution in [2.75, 3.05) is 6.61 Å². The highest BCUT2D eigenvalue weighted by molar-refractivity contribution is 7.47. The lowest BCUT2D eigenvalue weighted by molar-refractivity contribution is 0.143. The molecule has 0 saturated carbocycles. The summed E-state index contributed by atoms with van der Waals surface area (Å²) in [5.74, 6) is 0.322. The van der Waals surface area contributed by atoms with E-state index < -0.39 is 7.82 Å². The largest absolute Gasteiger partial charge is 0.527 e. The summed E-state index contributed by atoms with van der Waals surface area (Å²) in [6.07, 6.45) is 0. The molecule has 1 unspecified atom stereocenters. The first-order valence-corrected chi connectivity index (χ1v) is 6.50. The van der Waals surface area contributed by atoms with E-state index in [0.717, 1.165) is 0 Å². The van der Waals surface area contributed by atoms with Crippen molar-refractivity contribution in [1.29, 1.82) is 0 Å². The van der Waals surface area contributed by atoms with Gasteiger partial charge in [0.1, 0.15) is 5.75 Å². The third-order valence-electron chi connectivity index (χ3n) is 1.62. The van der Waals surface area contributed by atoms with Crippen LogP contribution in [0.3, 0.4) is 0 Å². The van der Waals surface area contributed by atoms with Crippen LogP contribution in [0.15, 0.2) is 30.3 Å². The van der Waals surface area contributed by atoms with E-state index in [0.29, 0.717) is 5.75 Å². The molecular formula is C11H17O4P. The van der Waals surface area contributed by atoms with Gasteiger partial charge in [-0.15, -0.1) is 0 Å². The summed E-state index contributed by atoms with van der Waals surface area (Å²) in [4.78, 5) is 9.44. The van der Waals surface area contributed by atoms with Crippen LogP contribution >= 0.6 is 7.82 Å². The maximum atomic E-state index is 11.5. The summed E-state index contributed by atoms with van der Waals surface area (Å²) < 4.78 is 21.3. The van der Waals surface area contributed by atoms with Gasteiger partial charge in [0.15, 0.2) is 0 Å². The number of phosphoric ester groups is 1. The lowest BCUT2D eigenvalue weighted by atomic mass is 9.99. The van der Waals surface area contributed by atoms with E-state index in [-0.39, 0.29) is 12.0 Å². The van der Waals surface area contributed by atoms with Crippen molar-refractivity contribution in [3.8, 4) is 5.75 Å². The molecule has 1 rings (SSSR count). The smallest absolute Gasteiger partial charge is 0.404 e. The molecule has 0 heterocycles. The average molecular weight is 244 g/mol. The second kappa shape index (κ2) is 5.00. The maximum absolute atomic E-state index is 11.5. The van der Waals surface area contributed by atoms with Crippen LogP contribution in [0, 0.1) is 5.41 Å². The van der Waals surface area contributed by atoms with Crippen molar-refractivity contribution in [3.05, 3.63) is 30.3 Å². The number of phosphoric acid groups is 1. The topological polar surface area (TPSA) is 55.8 Å². The van der Waals surface area contributed by atoms with Gasteiger partial charge in [0.2, 0.25) is 0 Å². The highest BCUT2D eigenvalue weighted by Gasteiger charge is 2.25. The van der Waals surface area contributed by atoms with Gasteiger partial charge < -0.3 is 4.52 Å². The van der Waals surface area contributed by atoms with Crippen LogP contribution in [-0.4, -0.2) is 11.5 Å². The second-order valence-corrected chi connectivity index (χ2v) is 6.08. The number of rotatable bonds is 4. The molecule has 0 fully saturated rings. The fourth-order valence-corrected chi connectivity index (χ4v) is 1.91. The zero-order chi connectivity index (χ0) is 12.2. The van der Waals surface area contributed by atoms with Crippen LogP contribution in [0.2, 0.25) is 0 Å². The molecule has 0 aliphatic rings.